The first-order valence-electron chi connectivity index (χ1n) is 7.91. The zero-order valence-corrected chi connectivity index (χ0v) is 15.9. The van der Waals surface area contributed by atoms with Gasteiger partial charge in [0.15, 0.2) is 5.16 Å². The van der Waals surface area contributed by atoms with Gasteiger partial charge in [-0.3, -0.25) is 13.8 Å². The molecule has 0 aliphatic heterocycles. The smallest absolute Gasteiger partial charge is 0.272 e. The molecule has 0 atom stereocenters. The Balaban J connectivity index is 1.80. The number of benzene rings is 1. The fraction of sp³-hybridized carbons (Fsp3) is 0.235. The molecular weight excluding hydrogens is 376 g/mol. The van der Waals surface area contributed by atoms with Gasteiger partial charge in [-0.2, -0.15) is 0 Å². The number of thioether (sulfide) groups is 1. The van der Waals surface area contributed by atoms with Gasteiger partial charge in [0.2, 0.25) is 5.78 Å². The summed E-state index contributed by atoms with van der Waals surface area (Å²) < 4.78 is 4.45. The number of rotatable bonds is 5. The van der Waals surface area contributed by atoms with Crippen LogP contribution >= 0.6 is 34.7 Å². The van der Waals surface area contributed by atoms with Crippen LogP contribution in [0.25, 0.3) is 16.0 Å². The van der Waals surface area contributed by atoms with Crippen molar-refractivity contribution in [2.24, 2.45) is 0 Å². The average molecular weight is 391 g/mol. The number of hydrogen-bond acceptors (Lipinski definition) is 5. The SMILES string of the molecule is CCCn1c(=O)c2sccc2n2c(SCc3ccc(Cl)cc3)nnc12. The fourth-order valence-electron chi connectivity index (χ4n) is 2.75. The minimum absolute atomic E-state index is 0.0148. The summed E-state index contributed by atoms with van der Waals surface area (Å²) in [6.45, 7) is 2.68. The molecule has 0 saturated heterocycles. The van der Waals surface area contributed by atoms with Gasteiger partial charge in [-0.05, 0) is 35.6 Å². The third-order valence-corrected chi connectivity index (χ3v) is 6.05. The monoisotopic (exact) mass is 390 g/mol. The summed E-state index contributed by atoms with van der Waals surface area (Å²) in [5, 5.41) is 12.1. The van der Waals surface area contributed by atoms with E-state index in [-0.39, 0.29) is 5.56 Å². The normalized spacial score (nSPS) is 11.6. The minimum Gasteiger partial charge on any atom is -0.276 e. The van der Waals surface area contributed by atoms with Crippen molar-refractivity contribution in [3.05, 3.63) is 56.7 Å². The summed E-state index contributed by atoms with van der Waals surface area (Å²) in [6.07, 6.45) is 0.868. The second kappa shape index (κ2) is 6.82. The van der Waals surface area contributed by atoms with Crippen molar-refractivity contribution in [3.63, 3.8) is 0 Å². The summed E-state index contributed by atoms with van der Waals surface area (Å²) in [4.78, 5) is 12.7. The van der Waals surface area contributed by atoms with E-state index in [1.54, 1.807) is 16.3 Å². The van der Waals surface area contributed by atoms with Crippen LogP contribution in [0.5, 0.6) is 0 Å². The predicted molar refractivity (Wildman–Crippen MR) is 104 cm³/mol. The third-order valence-electron chi connectivity index (χ3n) is 3.91. The Bertz CT molecular complexity index is 1100. The number of fused-ring (bicyclic) bond motifs is 3. The molecule has 0 radical (unpaired) electrons. The molecule has 128 valence electrons. The van der Waals surface area contributed by atoms with Crippen molar-refractivity contribution in [1.29, 1.82) is 0 Å². The van der Waals surface area contributed by atoms with E-state index >= 15 is 0 Å². The van der Waals surface area contributed by atoms with Crippen LogP contribution in [0.4, 0.5) is 0 Å². The van der Waals surface area contributed by atoms with Crippen molar-refractivity contribution < 1.29 is 0 Å². The standard InChI is InChI=1S/C17H15ClN4OS2/c1-2-8-21-15(23)14-13(7-9-24-14)22-16(21)19-20-17(22)25-10-11-3-5-12(18)6-4-11/h3-7,9H,2,8,10H2,1H3. The van der Waals surface area contributed by atoms with E-state index < -0.39 is 0 Å². The number of hydrogen-bond donors (Lipinski definition) is 0. The molecule has 0 fully saturated rings. The van der Waals surface area contributed by atoms with E-state index in [0.717, 1.165) is 38.1 Å². The van der Waals surface area contributed by atoms with Crippen LogP contribution in [-0.2, 0) is 12.3 Å². The zero-order chi connectivity index (χ0) is 17.4. The maximum atomic E-state index is 12.7. The number of thiophene rings is 1. The fourth-order valence-corrected chi connectivity index (χ4v) is 4.59. The summed E-state index contributed by atoms with van der Waals surface area (Å²) in [5.41, 5.74) is 2.05. The molecule has 3 heterocycles. The second-order valence-corrected chi connectivity index (χ2v) is 7.92. The largest absolute Gasteiger partial charge is 0.276 e. The highest BCUT2D eigenvalue weighted by Gasteiger charge is 2.17. The van der Waals surface area contributed by atoms with Gasteiger partial charge in [0.05, 0.1) is 5.52 Å². The highest BCUT2D eigenvalue weighted by Crippen LogP contribution is 2.26. The van der Waals surface area contributed by atoms with Gasteiger partial charge in [0, 0.05) is 17.3 Å². The van der Waals surface area contributed by atoms with E-state index in [4.69, 9.17) is 11.6 Å². The summed E-state index contributed by atoms with van der Waals surface area (Å²) in [7, 11) is 0. The van der Waals surface area contributed by atoms with Crippen molar-refractivity contribution in [2.45, 2.75) is 30.8 Å². The van der Waals surface area contributed by atoms with Gasteiger partial charge in [0.25, 0.3) is 5.56 Å². The molecule has 0 bridgehead atoms. The van der Waals surface area contributed by atoms with Crippen molar-refractivity contribution in [3.8, 4) is 0 Å². The lowest BCUT2D eigenvalue weighted by atomic mass is 10.2. The Labute approximate surface area is 157 Å². The number of halogens is 1. The Hall–Kier alpha value is -1.83. The Kier molecular flexibility index (Phi) is 4.54. The molecule has 8 heteroatoms. The van der Waals surface area contributed by atoms with Crippen LogP contribution in [0.1, 0.15) is 18.9 Å². The van der Waals surface area contributed by atoms with Gasteiger partial charge >= 0.3 is 0 Å². The predicted octanol–water partition coefficient (Wildman–Crippen LogP) is 4.46. The molecule has 0 aliphatic carbocycles. The molecule has 0 amide bonds. The van der Waals surface area contributed by atoms with Crippen molar-refractivity contribution >= 4 is 50.7 Å². The molecule has 0 N–H and O–H groups in total. The highest BCUT2D eigenvalue weighted by atomic mass is 35.5. The molecule has 0 saturated carbocycles. The molecule has 0 unspecified atom stereocenters. The van der Waals surface area contributed by atoms with E-state index in [0.29, 0.717) is 12.3 Å². The minimum atomic E-state index is 0.0148. The zero-order valence-electron chi connectivity index (χ0n) is 13.5. The lowest BCUT2D eigenvalue weighted by molar-refractivity contribution is 0.663. The third kappa shape index (κ3) is 2.96. The molecule has 0 aliphatic rings. The van der Waals surface area contributed by atoms with Gasteiger partial charge in [-0.1, -0.05) is 42.4 Å². The summed E-state index contributed by atoms with van der Waals surface area (Å²) in [5.74, 6) is 1.37. The molecule has 3 aromatic heterocycles. The lowest BCUT2D eigenvalue weighted by Crippen LogP contribution is -2.22. The van der Waals surface area contributed by atoms with Crippen LogP contribution in [0.2, 0.25) is 5.02 Å². The maximum Gasteiger partial charge on any atom is 0.272 e. The number of nitrogens with zero attached hydrogens (tertiary/aromatic N) is 4. The van der Waals surface area contributed by atoms with Crippen LogP contribution in [-0.4, -0.2) is 19.2 Å². The van der Waals surface area contributed by atoms with Gasteiger partial charge in [-0.15, -0.1) is 21.5 Å². The maximum absolute atomic E-state index is 12.7. The summed E-state index contributed by atoms with van der Waals surface area (Å²) in [6, 6.07) is 9.74. The molecule has 4 rings (SSSR count). The molecule has 4 aromatic rings. The molecular formula is C17H15ClN4OS2. The van der Waals surface area contributed by atoms with Gasteiger partial charge in [-0.25, -0.2) is 0 Å². The topological polar surface area (TPSA) is 52.2 Å². The van der Waals surface area contributed by atoms with E-state index in [1.807, 2.05) is 47.0 Å². The molecule has 5 nitrogen and oxygen atoms in total. The molecule has 0 spiro atoms. The quantitative estimate of drug-likeness (QED) is 0.472. The Morgan fingerprint density at radius 2 is 2.00 bits per heavy atom. The second-order valence-electron chi connectivity index (χ2n) is 5.62. The van der Waals surface area contributed by atoms with Crippen LogP contribution in [0.15, 0.2) is 45.7 Å². The number of aromatic nitrogens is 4. The van der Waals surface area contributed by atoms with Crippen molar-refractivity contribution in [1.82, 2.24) is 19.2 Å². The van der Waals surface area contributed by atoms with Crippen LogP contribution in [0, 0.1) is 0 Å². The van der Waals surface area contributed by atoms with E-state index in [2.05, 4.69) is 10.2 Å². The summed E-state index contributed by atoms with van der Waals surface area (Å²) >= 11 is 9.01. The molecule has 1 aromatic carbocycles. The first-order chi connectivity index (χ1) is 12.2. The molecule has 25 heavy (non-hydrogen) atoms. The van der Waals surface area contributed by atoms with E-state index in [1.165, 1.54) is 11.3 Å². The van der Waals surface area contributed by atoms with Gasteiger partial charge in [0.1, 0.15) is 4.70 Å². The Morgan fingerprint density at radius 3 is 2.76 bits per heavy atom. The Morgan fingerprint density at radius 1 is 1.20 bits per heavy atom. The first-order valence-corrected chi connectivity index (χ1v) is 10.2. The average Bonchev–Trinajstić information content (AvgIpc) is 3.25. The first kappa shape index (κ1) is 16.6. The van der Waals surface area contributed by atoms with Gasteiger partial charge < -0.3 is 0 Å². The van der Waals surface area contributed by atoms with Crippen LogP contribution in [0.3, 0.4) is 0 Å². The van der Waals surface area contributed by atoms with Crippen molar-refractivity contribution in [2.75, 3.05) is 0 Å². The highest BCUT2D eigenvalue weighted by molar-refractivity contribution is 7.98. The number of aryl methyl sites for hydroxylation is 1. The lowest BCUT2D eigenvalue weighted by Gasteiger charge is -2.08. The van der Waals surface area contributed by atoms with E-state index in [9.17, 15) is 4.79 Å². The van der Waals surface area contributed by atoms with Crippen LogP contribution < -0.4 is 5.56 Å².